The topological polar surface area (TPSA) is 57.1 Å². The van der Waals surface area contributed by atoms with Crippen molar-refractivity contribution in [3.8, 4) is 12.0 Å². The Hall–Kier alpha value is -1.10. The lowest BCUT2D eigenvalue weighted by Crippen LogP contribution is -2.29. The van der Waals surface area contributed by atoms with Gasteiger partial charge in [0.05, 0.1) is 7.11 Å². The molecule has 0 N–H and O–H groups in total. The molecule has 1 aliphatic carbocycles. The number of hydrogen-bond acceptors (Lipinski definition) is 5. The number of aromatic nitrogens is 3. The van der Waals surface area contributed by atoms with Gasteiger partial charge in [-0.2, -0.15) is 9.97 Å². The standard InChI is InChI=1S/C11H16ClN3O2/c1-7-5-3-4-6-8(7)17-11-14-9(12)13-10(15-11)16-2/h7-8H,3-6H2,1-2H3. The number of rotatable bonds is 3. The lowest BCUT2D eigenvalue weighted by molar-refractivity contribution is 0.0909. The van der Waals surface area contributed by atoms with Crippen molar-refractivity contribution in [1.82, 2.24) is 15.0 Å². The molecule has 2 unspecified atom stereocenters. The van der Waals surface area contributed by atoms with Crippen molar-refractivity contribution in [2.45, 2.75) is 38.7 Å². The summed E-state index contributed by atoms with van der Waals surface area (Å²) in [5.41, 5.74) is 0. The van der Waals surface area contributed by atoms with Crippen LogP contribution in [0.5, 0.6) is 12.0 Å². The van der Waals surface area contributed by atoms with Gasteiger partial charge in [0.25, 0.3) is 0 Å². The van der Waals surface area contributed by atoms with Gasteiger partial charge in [-0.3, -0.25) is 0 Å². The molecule has 94 valence electrons. The summed E-state index contributed by atoms with van der Waals surface area (Å²) in [4.78, 5) is 11.8. The number of hydrogen-bond donors (Lipinski definition) is 0. The molecule has 2 atom stereocenters. The summed E-state index contributed by atoms with van der Waals surface area (Å²) >= 11 is 5.76. The SMILES string of the molecule is COc1nc(Cl)nc(OC2CCCCC2C)n1. The molecule has 0 aromatic carbocycles. The molecular formula is C11H16ClN3O2. The Morgan fingerprint density at radius 1 is 1.12 bits per heavy atom. The van der Waals surface area contributed by atoms with Gasteiger partial charge >= 0.3 is 12.0 Å². The minimum absolute atomic E-state index is 0.0929. The van der Waals surface area contributed by atoms with Crippen LogP contribution in [-0.2, 0) is 0 Å². The molecule has 0 aliphatic heterocycles. The van der Waals surface area contributed by atoms with Crippen LogP contribution in [0.25, 0.3) is 0 Å². The third kappa shape index (κ3) is 3.19. The summed E-state index contributed by atoms with van der Waals surface area (Å²) in [5.74, 6) is 0.519. The minimum atomic E-state index is 0.0929. The third-order valence-electron chi connectivity index (χ3n) is 3.04. The number of ether oxygens (including phenoxy) is 2. The predicted molar refractivity (Wildman–Crippen MR) is 63.4 cm³/mol. The molecule has 0 amide bonds. The van der Waals surface area contributed by atoms with Crippen LogP contribution < -0.4 is 9.47 Å². The van der Waals surface area contributed by atoms with Gasteiger partial charge in [-0.05, 0) is 36.8 Å². The molecule has 2 rings (SSSR count). The highest BCUT2D eigenvalue weighted by Gasteiger charge is 2.24. The third-order valence-corrected chi connectivity index (χ3v) is 3.21. The highest BCUT2D eigenvalue weighted by Crippen LogP contribution is 2.27. The first-order valence-electron chi connectivity index (χ1n) is 5.81. The molecule has 1 saturated carbocycles. The molecule has 1 aromatic rings. The van der Waals surface area contributed by atoms with Gasteiger partial charge in [0.15, 0.2) is 0 Å². The van der Waals surface area contributed by atoms with Crippen molar-refractivity contribution in [2.75, 3.05) is 7.11 Å². The zero-order chi connectivity index (χ0) is 12.3. The van der Waals surface area contributed by atoms with Crippen LogP contribution in [0.1, 0.15) is 32.6 Å². The second-order valence-corrected chi connectivity index (χ2v) is 4.63. The molecule has 0 bridgehead atoms. The highest BCUT2D eigenvalue weighted by molar-refractivity contribution is 6.28. The van der Waals surface area contributed by atoms with E-state index in [-0.39, 0.29) is 23.4 Å². The van der Waals surface area contributed by atoms with E-state index in [1.807, 2.05) is 0 Å². The van der Waals surface area contributed by atoms with E-state index in [0.717, 1.165) is 6.42 Å². The summed E-state index contributed by atoms with van der Waals surface area (Å²) in [6.07, 6.45) is 4.83. The van der Waals surface area contributed by atoms with E-state index in [2.05, 4.69) is 21.9 Å². The second kappa shape index (κ2) is 5.49. The zero-order valence-corrected chi connectivity index (χ0v) is 10.8. The molecule has 0 spiro atoms. The smallest absolute Gasteiger partial charge is 0.324 e. The van der Waals surface area contributed by atoms with E-state index < -0.39 is 0 Å². The fourth-order valence-electron chi connectivity index (χ4n) is 2.05. The average molecular weight is 258 g/mol. The maximum absolute atomic E-state index is 5.76. The maximum atomic E-state index is 5.76. The van der Waals surface area contributed by atoms with Crippen LogP contribution in [-0.4, -0.2) is 28.2 Å². The molecule has 1 heterocycles. The Bertz CT molecular complexity index is 389. The second-order valence-electron chi connectivity index (χ2n) is 4.29. The number of methoxy groups -OCH3 is 1. The molecule has 5 nitrogen and oxygen atoms in total. The molecule has 1 aliphatic rings. The molecule has 0 radical (unpaired) electrons. The van der Waals surface area contributed by atoms with E-state index in [1.165, 1.54) is 26.4 Å². The zero-order valence-electron chi connectivity index (χ0n) is 10.0. The van der Waals surface area contributed by atoms with Crippen LogP contribution in [0.4, 0.5) is 0 Å². The molecule has 1 aromatic heterocycles. The Morgan fingerprint density at radius 3 is 2.53 bits per heavy atom. The van der Waals surface area contributed by atoms with Gasteiger partial charge in [0.2, 0.25) is 5.28 Å². The van der Waals surface area contributed by atoms with Crippen molar-refractivity contribution >= 4 is 11.6 Å². The quantitative estimate of drug-likeness (QED) is 0.833. The predicted octanol–water partition coefficient (Wildman–Crippen LogP) is 2.49. The normalized spacial score (nSPS) is 24.4. The lowest BCUT2D eigenvalue weighted by Gasteiger charge is -2.28. The number of halogens is 1. The molecule has 0 saturated heterocycles. The molecular weight excluding hydrogens is 242 g/mol. The van der Waals surface area contributed by atoms with E-state index in [0.29, 0.717) is 5.92 Å². The van der Waals surface area contributed by atoms with Crippen molar-refractivity contribution in [2.24, 2.45) is 5.92 Å². The van der Waals surface area contributed by atoms with Gasteiger partial charge in [-0.25, -0.2) is 0 Å². The van der Waals surface area contributed by atoms with Crippen LogP contribution in [0.15, 0.2) is 0 Å². The Morgan fingerprint density at radius 2 is 1.82 bits per heavy atom. The first-order valence-corrected chi connectivity index (χ1v) is 6.19. The lowest BCUT2D eigenvalue weighted by atomic mass is 9.88. The summed E-state index contributed by atoms with van der Waals surface area (Å²) in [7, 11) is 1.48. The number of nitrogens with zero attached hydrogens (tertiary/aromatic N) is 3. The largest absolute Gasteiger partial charge is 0.467 e. The van der Waals surface area contributed by atoms with Gasteiger partial charge < -0.3 is 9.47 Å². The van der Waals surface area contributed by atoms with Crippen molar-refractivity contribution in [3.63, 3.8) is 0 Å². The fraction of sp³-hybridized carbons (Fsp3) is 0.727. The van der Waals surface area contributed by atoms with Gasteiger partial charge in [0, 0.05) is 0 Å². The average Bonchev–Trinajstić information content (AvgIpc) is 2.31. The summed E-state index contributed by atoms with van der Waals surface area (Å²) < 4.78 is 10.7. The van der Waals surface area contributed by atoms with Gasteiger partial charge in [0.1, 0.15) is 6.10 Å². The first kappa shape index (κ1) is 12.4. The highest BCUT2D eigenvalue weighted by atomic mass is 35.5. The van der Waals surface area contributed by atoms with E-state index >= 15 is 0 Å². The molecule has 17 heavy (non-hydrogen) atoms. The van der Waals surface area contributed by atoms with Crippen LogP contribution in [0.2, 0.25) is 5.28 Å². The van der Waals surface area contributed by atoms with Gasteiger partial charge in [-0.15, -0.1) is 4.98 Å². The van der Waals surface area contributed by atoms with E-state index in [9.17, 15) is 0 Å². The monoisotopic (exact) mass is 257 g/mol. The first-order chi connectivity index (χ1) is 8.19. The fourth-order valence-corrected chi connectivity index (χ4v) is 2.20. The van der Waals surface area contributed by atoms with E-state index in [1.54, 1.807) is 0 Å². The Kier molecular flexibility index (Phi) is 3.99. The summed E-state index contributed by atoms with van der Waals surface area (Å²) in [5, 5.41) is 0.0929. The minimum Gasteiger partial charge on any atom is -0.467 e. The van der Waals surface area contributed by atoms with Crippen LogP contribution in [0.3, 0.4) is 0 Å². The van der Waals surface area contributed by atoms with Gasteiger partial charge in [-0.1, -0.05) is 13.3 Å². The maximum Gasteiger partial charge on any atom is 0.324 e. The van der Waals surface area contributed by atoms with Crippen LogP contribution in [0, 0.1) is 5.92 Å². The molecule has 6 heteroatoms. The van der Waals surface area contributed by atoms with E-state index in [4.69, 9.17) is 21.1 Å². The van der Waals surface area contributed by atoms with Crippen molar-refractivity contribution in [1.29, 1.82) is 0 Å². The van der Waals surface area contributed by atoms with Crippen molar-refractivity contribution in [3.05, 3.63) is 5.28 Å². The Labute approximate surface area is 106 Å². The Balaban J connectivity index is 2.09. The van der Waals surface area contributed by atoms with Crippen LogP contribution >= 0.6 is 11.6 Å². The summed E-state index contributed by atoms with van der Waals surface area (Å²) in [6, 6.07) is 0.434. The summed E-state index contributed by atoms with van der Waals surface area (Å²) in [6.45, 7) is 2.18. The molecule has 1 fully saturated rings. The van der Waals surface area contributed by atoms with Crippen molar-refractivity contribution < 1.29 is 9.47 Å².